The molecule has 2 rings (SSSR count). The van der Waals surface area contributed by atoms with Crippen LogP contribution in [0.2, 0.25) is 0 Å². The quantitative estimate of drug-likeness (QED) is 0.631. The molecule has 0 spiro atoms. The number of nitrogens with two attached hydrogens (primary N) is 1. The molecular formula is C9H13FN4. The zero-order valence-electron chi connectivity index (χ0n) is 7.83. The van der Waals surface area contributed by atoms with Crippen molar-refractivity contribution >= 4 is 11.5 Å². The summed E-state index contributed by atoms with van der Waals surface area (Å²) in [5, 5.41) is 3.21. The largest absolute Gasteiger partial charge is 0.384 e. The maximum absolute atomic E-state index is 13.4. The Balaban J connectivity index is 2.22. The van der Waals surface area contributed by atoms with E-state index in [0.29, 0.717) is 5.69 Å². The molecule has 5 heteroatoms. The van der Waals surface area contributed by atoms with Gasteiger partial charge in [0.15, 0.2) is 0 Å². The molecule has 1 aromatic heterocycles. The SMILES string of the molecule is Nc1ccc(N2CCNCC2)c(F)n1. The number of aromatic nitrogens is 1. The molecule has 1 fully saturated rings. The number of piperazine rings is 1. The Morgan fingerprint density at radius 2 is 2.07 bits per heavy atom. The summed E-state index contributed by atoms with van der Waals surface area (Å²) in [7, 11) is 0. The van der Waals surface area contributed by atoms with E-state index in [2.05, 4.69) is 10.3 Å². The second kappa shape index (κ2) is 3.79. The van der Waals surface area contributed by atoms with E-state index >= 15 is 0 Å². The Kier molecular flexibility index (Phi) is 2.49. The zero-order valence-corrected chi connectivity index (χ0v) is 7.83. The van der Waals surface area contributed by atoms with Crippen LogP contribution >= 0.6 is 0 Å². The summed E-state index contributed by atoms with van der Waals surface area (Å²) in [6.07, 6.45) is 0. The van der Waals surface area contributed by atoms with Gasteiger partial charge in [0.25, 0.3) is 0 Å². The fourth-order valence-corrected chi connectivity index (χ4v) is 1.58. The van der Waals surface area contributed by atoms with Crippen molar-refractivity contribution in [2.75, 3.05) is 36.8 Å². The average molecular weight is 196 g/mol. The fraction of sp³-hybridized carbons (Fsp3) is 0.444. The highest BCUT2D eigenvalue weighted by molar-refractivity contribution is 5.49. The van der Waals surface area contributed by atoms with Crippen LogP contribution in [0.5, 0.6) is 0 Å². The van der Waals surface area contributed by atoms with Crippen molar-refractivity contribution in [1.82, 2.24) is 10.3 Å². The molecule has 0 radical (unpaired) electrons. The second-order valence-electron chi connectivity index (χ2n) is 3.28. The number of anilines is 2. The van der Waals surface area contributed by atoms with E-state index in [4.69, 9.17) is 5.73 Å². The van der Waals surface area contributed by atoms with Crippen LogP contribution in [0, 0.1) is 5.95 Å². The van der Waals surface area contributed by atoms with Gasteiger partial charge in [-0.05, 0) is 12.1 Å². The average Bonchev–Trinajstić information content (AvgIpc) is 2.19. The highest BCUT2D eigenvalue weighted by Gasteiger charge is 2.14. The van der Waals surface area contributed by atoms with Crippen LogP contribution in [-0.4, -0.2) is 31.2 Å². The first-order chi connectivity index (χ1) is 6.77. The standard InChI is InChI=1S/C9H13FN4/c10-9-7(1-2-8(11)13-9)14-5-3-12-4-6-14/h1-2,12H,3-6H2,(H2,11,13). The lowest BCUT2D eigenvalue weighted by atomic mass is 10.3. The summed E-state index contributed by atoms with van der Waals surface area (Å²) in [5.74, 6) is -0.256. The van der Waals surface area contributed by atoms with Crippen LogP contribution < -0.4 is 16.0 Å². The van der Waals surface area contributed by atoms with E-state index < -0.39 is 5.95 Å². The number of hydrogen-bond acceptors (Lipinski definition) is 4. The molecule has 0 aromatic carbocycles. The molecule has 1 aliphatic rings. The van der Waals surface area contributed by atoms with E-state index in [1.807, 2.05) is 4.90 Å². The number of halogens is 1. The van der Waals surface area contributed by atoms with Crippen LogP contribution in [-0.2, 0) is 0 Å². The normalized spacial score (nSPS) is 17.1. The number of rotatable bonds is 1. The number of nitrogens with zero attached hydrogens (tertiary/aromatic N) is 2. The number of nitrogens with one attached hydrogen (secondary N) is 1. The van der Waals surface area contributed by atoms with Gasteiger partial charge in [0, 0.05) is 26.2 Å². The van der Waals surface area contributed by atoms with Gasteiger partial charge in [0.1, 0.15) is 5.82 Å². The van der Waals surface area contributed by atoms with Gasteiger partial charge in [0.2, 0.25) is 5.95 Å². The second-order valence-corrected chi connectivity index (χ2v) is 3.28. The van der Waals surface area contributed by atoms with Crippen molar-refractivity contribution < 1.29 is 4.39 Å². The first-order valence-corrected chi connectivity index (χ1v) is 4.65. The van der Waals surface area contributed by atoms with Gasteiger partial charge in [0.05, 0.1) is 5.69 Å². The van der Waals surface area contributed by atoms with Crippen molar-refractivity contribution in [1.29, 1.82) is 0 Å². The third-order valence-electron chi connectivity index (χ3n) is 2.31. The molecule has 1 saturated heterocycles. The summed E-state index contributed by atoms with van der Waals surface area (Å²) in [6.45, 7) is 3.37. The van der Waals surface area contributed by atoms with Crippen molar-refractivity contribution in [2.45, 2.75) is 0 Å². The summed E-state index contributed by atoms with van der Waals surface area (Å²) < 4.78 is 13.4. The minimum Gasteiger partial charge on any atom is -0.384 e. The lowest BCUT2D eigenvalue weighted by molar-refractivity contribution is 0.549. The minimum absolute atomic E-state index is 0.224. The van der Waals surface area contributed by atoms with E-state index in [9.17, 15) is 4.39 Å². The lowest BCUT2D eigenvalue weighted by Crippen LogP contribution is -2.44. The number of nitrogen functional groups attached to an aromatic ring is 1. The molecule has 0 unspecified atom stereocenters. The zero-order chi connectivity index (χ0) is 9.97. The van der Waals surface area contributed by atoms with E-state index in [1.54, 1.807) is 12.1 Å². The van der Waals surface area contributed by atoms with Gasteiger partial charge < -0.3 is 16.0 Å². The van der Waals surface area contributed by atoms with Crippen molar-refractivity contribution in [3.63, 3.8) is 0 Å². The van der Waals surface area contributed by atoms with Crippen molar-refractivity contribution in [2.24, 2.45) is 0 Å². The van der Waals surface area contributed by atoms with Gasteiger partial charge in [-0.1, -0.05) is 0 Å². The molecule has 2 heterocycles. The Bertz CT molecular complexity index is 323. The molecule has 0 atom stereocenters. The molecule has 0 amide bonds. The molecule has 4 nitrogen and oxygen atoms in total. The molecule has 1 aliphatic heterocycles. The Labute approximate surface area is 81.9 Å². The first kappa shape index (κ1) is 9.21. The van der Waals surface area contributed by atoms with E-state index in [1.165, 1.54) is 0 Å². The monoisotopic (exact) mass is 196 g/mol. The predicted octanol–water partition coefficient (Wildman–Crippen LogP) is 0.212. The van der Waals surface area contributed by atoms with E-state index in [0.717, 1.165) is 26.2 Å². The van der Waals surface area contributed by atoms with Crippen LogP contribution in [0.3, 0.4) is 0 Å². The maximum atomic E-state index is 13.4. The number of pyridine rings is 1. The minimum atomic E-state index is -0.480. The van der Waals surface area contributed by atoms with Gasteiger partial charge in [-0.3, -0.25) is 0 Å². The molecule has 14 heavy (non-hydrogen) atoms. The lowest BCUT2D eigenvalue weighted by Gasteiger charge is -2.29. The summed E-state index contributed by atoms with van der Waals surface area (Å²) in [4.78, 5) is 5.57. The van der Waals surface area contributed by atoms with Crippen LogP contribution in [0.25, 0.3) is 0 Å². The molecule has 0 saturated carbocycles. The van der Waals surface area contributed by atoms with Crippen LogP contribution in [0.4, 0.5) is 15.9 Å². The number of hydrogen-bond donors (Lipinski definition) is 2. The smallest absolute Gasteiger partial charge is 0.238 e. The fourth-order valence-electron chi connectivity index (χ4n) is 1.58. The van der Waals surface area contributed by atoms with Gasteiger partial charge >= 0.3 is 0 Å². The van der Waals surface area contributed by atoms with Crippen molar-refractivity contribution in [3.8, 4) is 0 Å². The molecular weight excluding hydrogens is 183 g/mol. The topological polar surface area (TPSA) is 54.2 Å². The molecule has 76 valence electrons. The molecule has 3 N–H and O–H groups in total. The Hall–Kier alpha value is -1.36. The van der Waals surface area contributed by atoms with Gasteiger partial charge in [-0.2, -0.15) is 4.39 Å². The van der Waals surface area contributed by atoms with Crippen LogP contribution in [0.1, 0.15) is 0 Å². The maximum Gasteiger partial charge on any atom is 0.238 e. The highest BCUT2D eigenvalue weighted by atomic mass is 19.1. The highest BCUT2D eigenvalue weighted by Crippen LogP contribution is 2.18. The third-order valence-corrected chi connectivity index (χ3v) is 2.31. The Morgan fingerprint density at radius 1 is 1.36 bits per heavy atom. The summed E-state index contributed by atoms with van der Waals surface area (Å²) >= 11 is 0. The molecule has 1 aromatic rings. The van der Waals surface area contributed by atoms with Crippen molar-refractivity contribution in [3.05, 3.63) is 18.1 Å². The van der Waals surface area contributed by atoms with E-state index in [-0.39, 0.29) is 5.82 Å². The molecule has 0 aliphatic carbocycles. The van der Waals surface area contributed by atoms with Crippen LogP contribution in [0.15, 0.2) is 12.1 Å². The molecule has 0 bridgehead atoms. The van der Waals surface area contributed by atoms with Gasteiger partial charge in [-0.25, -0.2) is 4.98 Å². The predicted molar refractivity (Wildman–Crippen MR) is 53.7 cm³/mol. The Morgan fingerprint density at radius 3 is 2.71 bits per heavy atom. The summed E-state index contributed by atoms with van der Waals surface area (Å²) in [5.41, 5.74) is 5.92. The first-order valence-electron chi connectivity index (χ1n) is 4.65. The third kappa shape index (κ3) is 1.77. The van der Waals surface area contributed by atoms with Gasteiger partial charge in [-0.15, -0.1) is 0 Å². The summed E-state index contributed by atoms with van der Waals surface area (Å²) in [6, 6.07) is 3.31.